The van der Waals surface area contributed by atoms with Gasteiger partial charge in [-0.25, -0.2) is 0 Å². The van der Waals surface area contributed by atoms with E-state index in [2.05, 4.69) is 0 Å². The maximum atomic E-state index is 11.3. The largest absolute Gasteiger partial charge is 0.480 e. The van der Waals surface area contributed by atoms with Crippen molar-refractivity contribution in [2.75, 3.05) is 13.2 Å². The van der Waals surface area contributed by atoms with Gasteiger partial charge < -0.3 is 19.7 Å². The van der Waals surface area contributed by atoms with Crippen LogP contribution >= 0.6 is 0 Å². The molecule has 102 valence electrons. The molecule has 0 saturated carbocycles. The summed E-state index contributed by atoms with van der Waals surface area (Å²) in [5.41, 5.74) is -1.19. The molecule has 2 rings (SSSR count). The fraction of sp³-hybridized carbons (Fsp3) is 0.385. The summed E-state index contributed by atoms with van der Waals surface area (Å²) in [6.07, 6.45) is -0.563. The Bertz CT molecular complexity index is 490. The van der Waals surface area contributed by atoms with E-state index in [1.165, 1.54) is 12.1 Å². The van der Waals surface area contributed by atoms with Crippen molar-refractivity contribution < 1.29 is 29.3 Å². The third-order valence-corrected chi connectivity index (χ3v) is 3.21. The first-order valence-corrected chi connectivity index (χ1v) is 5.76. The molecule has 0 unspecified atom stereocenters. The normalized spacial score (nSPS) is 16.5. The topological polar surface area (TPSA) is 93.1 Å². The van der Waals surface area contributed by atoms with Gasteiger partial charge in [0, 0.05) is 5.56 Å². The molecule has 1 aromatic carbocycles. The number of hydrogen-bond donors (Lipinski definition) is 2. The van der Waals surface area contributed by atoms with E-state index in [9.17, 15) is 9.59 Å². The highest BCUT2D eigenvalue weighted by Gasteiger charge is 2.43. The van der Waals surface area contributed by atoms with Crippen molar-refractivity contribution in [2.45, 2.75) is 18.6 Å². The van der Waals surface area contributed by atoms with Gasteiger partial charge in [0.2, 0.25) is 0 Å². The van der Waals surface area contributed by atoms with Gasteiger partial charge in [-0.1, -0.05) is 18.2 Å². The summed E-state index contributed by atoms with van der Waals surface area (Å²) in [4.78, 5) is 22.5. The van der Waals surface area contributed by atoms with Crippen molar-refractivity contribution in [3.05, 3.63) is 35.4 Å². The molecule has 0 bridgehead atoms. The SMILES string of the molecule is CC(C(=O)O)(C(=O)O)c1cccc(C2OCCO2)c1. The van der Waals surface area contributed by atoms with Crippen LogP contribution in [0, 0.1) is 0 Å². The summed E-state index contributed by atoms with van der Waals surface area (Å²) < 4.78 is 10.6. The number of carboxylic acid groups (broad SMARTS) is 2. The van der Waals surface area contributed by atoms with Gasteiger partial charge in [-0.2, -0.15) is 0 Å². The average molecular weight is 266 g/mol. The van der Waals surface area contributed by atoms with Crippen molar-refractivity contribution in [2.24, 2.45) is 0 Å². The predicted octanol–water partition coefficient (Wildman–Crippen LogP) is 1.16. The molecular weight excluding hydrogens is 252 g/mol. The monoisotopic (exact) mass is 266 g/mol. The minimum absolute atomic E-state index is 0.184. The number of rotatable bonds is 4. The molecule has 1 heterocycles. The number of carbonyl (C=O) groups is 2. The summed E-state index contributed by atoms with van der Waals surface area (Å²) in [5.74, 6) is -2.82. The Kier molecular flexibility index (Phi) is 3.55. The van der Waals surface area contributed by atoms with Gasteiger partial charge in [-0.05, 0) is 18.6 Å². The van der Waals surface area contributed by atoms with Gasteiger partial charge in [0.05, 0.1) is 13.2 Å². The molecule has 1 saturated heterocycles. The smallest absolute Gasteiger partial charge is 0.325 e. The van der Waals surface area contributed by atoms with Crippen molar-refractivity contribution in [1.29, 1.82) is 0 Å². The zero-order chi connectivity index (χ0) is 14.0. The van der Waals surface area contributed by atoms with E-state index in [0.29, 0.717) is 18.8 Å². The molecular formula is C13H14O6. The lowest BCUT2D eigenvalue weighted by Gasteiger charge is -2.21. The second-order valence-corrected chi connectivity index (χ2v) is 4.43. The number of carboxylic acids is 2. The molecule has 1 fully saturated rings. The molecule has 0 amide bonds. The molecule has 6 nitrogen and oxygen atoms in total. The van der Waals surface area contributed by atoms with E-state index < -0.39 is 23.6 Å². The van der Waals surface area contributed by atoms with E-state index in [1.54, 1.807) is 12.1 Å². The van der Waals surface area contributed by atoms with Crippen molar-refractivity contribution in [1.82, 2.24) is 0 Å². The Labute approximate surface area is 109 Å². The molecule has 1 aliphatic rings. The van der Waals surface area contributed by atoms with Gasteiger partial charge >= 0.3 is 11.9 Å². The van der Waals surface area contributed by atoms with Crippen LogP contribution in [0.5, 0.6) is 0 Å². The number of benzene rings is 1. The Morgan fingerprint density at radius 1 is 1.21 bits per heavy atom. The molecule has 0 spiro atoms. The van der Waals surface area contributed by atoms with Gasteiger partial charge in [0.25, 0.3) is 0 Å². The predicted molar refractivity (Wildman–Crippen MR) is 63.7 cm³/mol. The van der Waals surface area contributed by atoms with Crippen LogP contribution in [0.25, 0.3) is 0 Å². The number of ether oxygens (including phenoxy) is 2. The van der Waals surface area contributed by atoms with Crippen LogP contribution in [0.4, 0.5) is 0 Å². The van der Waals surface area contributed by atoms with Crippen LogP contribution in [0.15, 0.2) is 24.3 Å². The van der Waals surface area contributed by atoms with Gasteiger partial charge in [-0.15, -0.1) is 0 Å². The van der Waals surface area contributed by atoms with Crippen LogP contribution < -0.4 is 0 Å². The molecule has 19 heavy (non-hydrogen) atoms. The first-order chi connectivity index (χ1) is 8.96. The number of hydrogen-bond acceptors (Lipinski definition) is 4. The van der Waals surface area contributed by atoms with Crippen molar-refractivity contribution >= 4 is 11.9 Å². The zero-order valence-corrected chi connectivity index (χ0v) is 10.3. The first-order valence-electron chi connectivity index (χ1n) is 5.76. The quantitative estimate of drug-likeness (QED) is 0.794. The van der Waals surface area contributed by atoms with Crippen LogP contribution in [-0.2, 0) is 24.5 Å². The molecule has 6 heteroatoms. The fourth-order valence-electron chi connectivity index (χ4n) is 1.89. The van der Waals surface area contributed by atoms with Crippen molar-refractivity contribution in [3.63, 3.8) is 0 Å². The molecule has 0 aliphatic carbocycles. The fourth-order valence-corrected chi connectivity index (χ4v) is 1.89. The van der Waals surface area contributed by atoms with E-state index >= 15 is 0 Å². The summed E-state index contributed by atoms with van der Waals surface area (Å²) in [7, 11) is 0. The van der Waals surface area contributed by atoms with Crippen LogP contribution in [0.3, 0.4) is 0 Å². The Balaban J connectivity index is 2.41. The summed E-state index contributed by atoms with van der Waals surface area (Å²) in [5, 5.41) is 18.3. The number of aliphatic carboxylic acids is 2. The maximum Gasteiger partial charge on any atom is 0.325 e. The standard InChI is InChI=1S/C13H14O6/c1-13(11(14)15,12(16)17)9-4-2-3-8(7-9)10-18-5-6-19-10/h2-4,7,10H,5-6H2,1H3,(H,14,15)(H,16,17). The van der Waals surface area contributed by atoms with Crippen LogP contribution in [0.2, 0.25) is 0 Å². The second-order valence-electron chi connectivity index (χ2n) is 4.43. The molecule has 1 aromatic rings. The van der Waals surface area contributed by atoms with Crippen molar-refractivity contribution in [3.8, 4) is 0 Å². The van der Waals surface area contributed by atoms with Gasteiger partial charge in [0.15, 0.2) is 11.7 Å². The lowest BCUT2D eigenvalue weighted by atomic mass is 9.82. The van der Waals surface area contributed by atoms with E-state index in [0.717, 1.165) is 6.92 Å². The molecule has 0 atom stereocenters. The van der Waals surface area contributed by atoms with E-state index in [4.69, 9.17) is 19.7 Å². The molecule has 0 radical (unpaired) electrons. The Morgan fingerprint density at radius 2 is 1.79 bits per heavy atom. The lowest BCUT2D eigenvalue weighted by molar-refractivity contribution is -0.156. The molecule has 2 N–H and O–H groups in total. The molecule has 1 aliphatic heterocycles. The summed E-state index contributed by atoms with van der Waals surface area (Å²) in [6, 6.07) is 6.28. The first kappa shape index (κ1) is 13.5. The van der Waals surface area contributed by atoms with Gasteiger partial charge in [-0.3, -0.25) is 9.59 Å². The highest BCUT2D eigenvalue weighted by molar-refractivity contribution is 6.04. The van der Waals surface area contributed by atoms with Gasteiger partial charge in [0.1, 0.15) is 0 Å². The second kappa shape index (κ2) is 4.99. The lowest BCUT2D eigenvalue weighted by Crippen LogP contribution is -2.40. The summed E-state index contributed by atoms with van der Waals surface area (Å²) in [6.45, 7) is 2.08. The average Bonchev–Trinajstić information content (AvgIpc) is 2.91. The maximum absolute atomic E-state index is 11.3. The van der Waals surface area contributed by atoms with E-state index in [1.807, 2.05) is 0 Å². The Morgan fingerprint density at radius 3 is 2.32 bits per heavy atom. The summed E-state index contributed by atoms with van der Waals surface area (Å²) >= 11 is 0. The third kappa shape index (κ3) is 2.32. The highest BCUT2D eigenvalue weighted by Crippen LogP contribution is 2.30. The van der Waals surface area contributed by atoms with E-state index in [-0.39, 0.29) is 5.56 Å². The van der Waals surface area contributed by atoms with Crippen LogP contribution in [0.1, 0.15) is 24.3 Å². The minimum atomic E-state index is -1.99. The van der Waals surface area contributed by atoms with Crippen LogP contribution in [-0.4, -0.2) is 35.4 Å². The highest BCUT2D eigenvalue weighted by atomic mass is 16.7. The minimum Gasteiger partial charge on any atom is -0.480 e. The zero-order valence-electron chi connectivity index (χ0n) is 10.3. The molecule has 0 aromatic heterocycles. The Hall–Kier alpha value is -1.92. The third-order valence-electron chi connectivity index (χ3n) is 3.21.